The molecule has 2 aromatic heterocycles. The fourth-order valence-electron chi connectivity index (χ4n) is 3.01. The molecule has 0 atom stereocenters. The maximum absolute atomic E-state index is 6.03. The standard InChI is InChI=1S/C23H23N7S2/c24-20(22-27-10-12-31-22)29-18-6-4-16(5-7-18)8-9-26-15-17-2-1-3-19(14-17)30-21(25)23-28-11-13-32-23/h1-7,10-14,26H,8-9,15H2,(H2,24,29)(H2,25,30). The van der Waals surface area contributed by atoms with Crippen molar-refractivity contribution in [2.24, 2.45) is 21.5 Å². The summed E-state index contributed by atoms with van der Waals surface area (Å²) in [5.41, 5.74) is 16.1. The molecule has 32 heavy (non-hydrogen) atoms. The molecule has 4 rings (SSSR count). The number of thiazole rings is 2. The van der Waals surface area contributed by atoms with Gasteiger partial charge >= 0.3 is 0 Å². The summed E-state index contributed by atoms with van der Waals surface area (Å²) in [6.07, 6.45) is 4.36. The van der Waals surface area contributed by atoms with Crippen LogP contribution in [-0.2, 0) is 13.0 Å². The molecule has 0 spiro atoms. The fourth-order valence-corrected chi connectivity index (χ4v) is 4.09. The molecule has 4 aromatic rings. The van der Waals surface area contributed by atoms with Gasteiger partial charge in [0.25, 0.3) is 0 Å². The molecule has 2 heterocycles. The molecule has 7 nitrogen and oxygen atoms in total. The number of nitrogens with zero attached hydrogens (tertiary/aromatic N) is 4. The molecular weight excluding hydrogens is 438 g/mol. The molecule has 0 aliphatic rings. The van der Waals surface area contributed by atoms with Gasteiger partial charge in [0, 0.05) is 29.7 Å². The molecule has 0 aliphatic heterocycles. The van der Waals surface area contributed by atoms with Crippen molar-refractivity contribution in [2.45, 2.75) is 13.0 Å². The summed E-state index contributed by atoms with van der Waals surface area (Å²) in [5, 5.41) is 8.72. The average molecular weight is 462 g/mol. The van der Waals surface area contributed by atoms with Crippen LogP contribution in [0.2, 0.25) is 0 Å². The predicted octanol–water partition coefficient (Wildman–Crippen LogP) is 4.01. The zero-order valence-electron chi connectivity index (χ0n) is 17.3. The third-order valence-corrected chi connectivity index (χ3v) is 6.16. The molecule has 0 saturated heterocycles. The van der Waals surface area contributed by atoms with Crippen LogP contribution in [0.15, 0.2) is 81.7 Å². The van der Waals surface area contributed by atoms with Gasteiger partial charge in [-0.2, -0.15) is 0 Å². The van der Waals surface area contributed by atoms with Gasteiger partial charge in [-0.15, -0.1) is 22.7 Å². The lowest BCUT2D eigenvalue weighted by molar-refractivity contribution is 0.687. The van der Waals surface area contributed by atoms with E-state index >= 15 is 0 Å². The summed E-state index contributed by atoms with van der Waals surface area (Å²) < 4.78 is 0. The molecule has 2 aromatic carbocycles. The summed E-state index contributed by atoms with van der Waals surface area (Å²) in [7, 11) is 0. The normalized spacial score (nSPS) is 12.2. The molecule has 0 amide bonds. The van der Waals surface area contributed by atoms with E-state index in [9.17, 15) is 0 Å². The van der Waals surface area contributed by atoms with Gasteiger partial charge in [0.05, 0.1) is 11.4 Å². The monoisotopic (exact) mass is 461 g/mol. The fraction of sp³-hybridized carbons (Fsp3) is 0.130. The van der Waals surface area contributed by atoms with Crippen molar-refractivity contribution in [1.29, 1.82) is 0 Å². The van der Waals surface area contributed by atoms with Gasteiger partial charge in [-0.25, -0.2) is 20.0 Å². The Morgan fingerprint density at radius 1 is 0.812 bits per heavy atom. The predicted molar refractivity (Wildman–Crippen MR) is 133 cm³/mol. The van der Waals surface area contributed by atoms with Crippen LogP contribution in [-0.4, -0.2) is 28.2 Å². The Hall–Kier alpha value is -3.40. The molecule has 0 unspecified atom stereocenters. The van der Waals surface area contributed by atoms with Crippen LogP contribution < -0.4 is 16.8 Å². The second kappa shape index (κ2) is 10.8. The SMILES string of the molecule is NC(=Nc1ccc(CCNCc2cccc(N=C(N)c3nccs3)c2)cc1)c1nccs1. The van der Waals surface area contributed by atoms with Gasteiger partial charge < -0.3 is 16.8 Å². The Morgan fingerprint density at radius 2 is 1.47 bits per heavy atom. The van der Waals surface area contributed by atoms with Crippen molar-refractivity contribution >= 4 is 45.7 Å². The third-order valence-electron chi connectivity index (χ3n) is 4.57. The first kappa shape index (κ1) is 21.8. The number of aromatic nitrogens is 2. The number of amidine groups is 2. The topological polar surface area (TPSA) is 115 Å². The lowest BCUT2D eigenvalue weighted by Crippen LogP contribution is -2.16. The van der Waals surface area contributed by atoms with Crippen LogP contribution >= 0.6 is 22.7 Å². The largest absolute Gasteiger partial charge is 0.381 e. The van der Waals surface area contributed by atoms with Crippen LogP contribution in [0.5, 0.6) is 0 Å². The van der Waals surface area contributed by atoms with E-state index in [1.54, 1.807) is 12.4 Å². The highest BCUT2D eigenvalue weighted by Crippen LogP contribution is 2.17. The van der Waals surface area contributed by atoms with Gasteiger partial charge in [0.1, 0.15) is 0 Å². The Bertz CT molecular complexity index is 1180. The summed E-state index contributed by atoms with van der Waals surface area (Å²) in [5.74, 6) is 0.876. The molecule has 0 radical (unpaired) electrons. The lowest BCUT2D eigenvalue weighted by Gasteiger charge is -2.07. The highest BCUT2D eigenvalue weighted by Gasteiger charge is 2.03. The lowest BCUT2D eigenvalue weighted by atomic mass is 10.1. The summed E-state index contributed by atoms with van der Waals surface area (Å²) in [4.78, 5) is 17.3. The second-order valence-corrected chi connectivity index (χ2v) is 8.72. The van der Waals surface area contributed by atoms with E-state index in [0.29, 0.717) is 11.7 Å². The van der Waals surface area contributed by atoms with Gasteiger partial charge in [-0.1, -0.05) is 24.3 Å². The van der Waals surface area contributed by atoms with E-state index < -0.39 is 0 Å². The molecule has 0 aliphatic carbocycles. The van der Waals surface area contributed by atoms with Crippen molar-refractivity contribution in [2.75, 3.05) is 6.54 Å². The third kappa shape index (κ3) is 6.07. The first-order valence-corrected chi connectivity index (χ1v) is 11.8. The molecular formula is C23H23N7S2. The number of hydrogen-bond acceptors (Lipinski definition) is 7. The molecule has 0 bridgehead atoms. The molecule has 5 N–H and O–H groups in total. The number of rotatable bonds is 9. The quantitative estimate of drug-likeness (QED) is 0.198. The number of aliphatic imine (C=N–C) groups is 2. The minimum absolute atomic E-state index is 0.436. The highest BCUT2D eigenvalue weighted by molar-refractivity contribution is 7.12. The Kier molecular flexibility index (Phi) is 7.34. The highest BCUT2D eigenvalue weighted by atomic mass is 32.1. The number of benzene rings is 2. The van der Waals surface area contributed by atoms with E-state index in [-0.39, 0.29) is 0 Å². The number of nitrogens with two attached hydrogens (primary N) is 2. The van der Waals surface area contributed by atoms with Crippen LogP contribution in [0.25, 0.3) is 0 Å². The van der Waals surface area contributed by atoms with E-state index in [1.807, 2.05) is 41.1 Å². The van der Waals surface area contributed by atoms with Crippen LogP contribution in [0.4, 0.5) is 11.4 Å². The van der Waals surface area contributed by atoms with Crippen LogP contribution in [0.1, 0.15) is 21.1 Å². The maximum atomic E-state index is 6.03. The van der Waals surface area contributed by atoms with E-state index in [1.165, 1.54) is 28.2 Å². The zero-order valence-corrected chi connectivity index (χ0v) is 18.9. The Morgan fingerprint density at radius 3 is 2.09 bits per heavy atom. The van der Waals surface area contributed by atoms with Crippen LogP contribution in [0.3, 0.4) is 0 Å². The van der Waals surface area contributed by atoms with Crippen molar-refractivity contribution in [1.82, 2.24) is 15.3 Å². The first-order valence-electron chi connectivity index (χ1n) is 10.0. The minimum Gasteiger partial charge on any atom is -0.381 e. The number of hydrogen-bond donors (Lipinski definition) is 3. The number of nitrogens with one attached hydrogen (secondary N) is 1. The summed E-state index contributed by atoms with van der Waals surface area (Å²) in [6, 6.07) is 16.1. The van der Waals surface area contributed by atoms with Crippen LogP contribution in [0, 0.1) is 0 Å². The van der Waals surface area contributed by atoms with Crippen molar-refractivity contribution in [3.8, 4) is 0 Å². The molecule has 0 fully saturated rings. The molecule has 162 valence electrons. The van der Waals surface area contributed by atoms with E-state index in [2.05, 4.69) is 43.5 Å². The first-order chi connectivity index (χ1) is 15.7. The maximum Gasteiger partial charge on any atom is 0.160 e. The average Bonchev–Trinajstić information content (AvgIpc) is 3.53. The van der Waals surface area contributed by atoms with Crippen molar-refractivity contribution in [3.05, 3.63) is 92.8 Å². The summed E-state index contributed by atoms with van der Waals surface area (Å²) >= 11 is 2.95. The van der Waals surface area contributed by atoms with E-state index in [0.717, 1.165) is 46.5 Å². The Labute approximate surface area is 194 Å². The summed E-state index contributed by atoms with van der Waals surface area (Å²) in [6.45, 7) is 1.62. The van der Waals surface area contributed by atoms with Gasteiger partial charge in [-0.05, 0) is 48.4 Å². The van der Waals surface area contributed by atoms with Gasteiger partial charge in [0.2, 0.25) is 0 Å². The minimum atomic E-state index is 0.436. The zero-order chi connectivity index (χ0) is 22.2. The van der Waals surface area contributed by atoms with Crippen molar-refractivity contribution < 1.29 is 0 Å². The molecule has 0 saturated carbocycles. The van der Waals surface area contributed by atoms with Crippen molar-refractivity contribution in [3.63, 3.8) is 0 Å². The smallest absolute Gasteiger partial charge is 0.160 e. The molecule has 9 heteroatoms. The Balaban J connectivity index is 1.26. The second-order valence-electron chi connectivity index (χ2n) is 6.93. The van der Waals surface area contributed by atoms with Gasteiger partial charge in [-0.3, -0.25) is 0 Å². The van der Waals surface area contributed by atoms with Gasteiger partial charge in [0.15, 0.2) is 21.7 Å². The van der Waals surface area contributed by atoms with E-state index in [4.69, 9.17) is 11.5 Å².